The van der Waals surface area contributed by atoms with Crippen LogP contribution >= 0.6 is 0 Å². The highest BCUT2D eigenvalue weighted by Gasteiger charge is 2.40. The third kappa shape index (κ3) is 3.15. The molecule has 2 rings (SSSR count). The number of likely N-dealkylation sites (tertiary alicyclic amines) is 1. The molecule has 1 saturated heterocycles. The summed E-state index contributed by atoms with van der Waals surface area (Å²) in [5, 5.41) is 18.6. The first-order valence-corrected chi connectivity index (χ1v) is 6.50. The maximum absolute atomic E-state index is 12.2. The van der Waals surface area contributed by atoms with Crippen LogP contribution < -0.4 is 5.73 Å². The van der Waals surface area contributed by atoms with E-state index in [2.05, 4.69) is 0 Å². The van der Waals surface area contributed by atoms with Gasteiger partial charge in [0.25, 0.3) is 0 Å². The molecular weight excluding hydrogens is 260 g/mol. The van der Waals surface area contributed by atoms with E-state index in [-0.39, 0.29) is 13.0 Å². The van der Waals surface area contributed by atoms with E-state index < -0.39 is 30.1 Å². The molecule has 1 heterocycles. The SMILES string of the molecule is NC(Cc1ccccc1)C(=O)N1C[C@H](O)C[C@@H]1C(=O)O. The zero-order valence-corrected chi connectivity index (χ0v) is 11.0. The second-order valence-electron chi connectivity index (χ2n) is 5.03. The molecule has 1 aliphatic heterocycles. The minimum Gasteiger partial charge on any atom is -0.480 e. The molecule has 1 fully saturated rings. The second kappa shape index (κ2) is 6.02. The minimum absolute atomic E-state index is 0.0261. The third-order valence-corrected chi connectivity index (χ3v) is 3.46. The molecule has 0 bridgehead atoms. The smallest absolute Gasteiger partial charge is 0.326 e. The summed E-state index contributed by atoms with van der Waals surface area (Å²) in [6.45, 7) is 0.0261. The van der Waals surface area contributed by atoms with Gasteiger partial charge in [-0.2, -0.15) is 0 Å². The van der Waals surface area contributed by atoms with Crippen LogP contribution in [0.1, 0.15) is 12.0 Å². The molecule has 3 atom stereocenters. The van der Waals surface area contributed by atoms with E-state index in [1.165, 1.54) is 4.90 Å². The summed E-state index contributed by atoms with van der Waals surface area (Å²) in [4.78, 5) is 24.5. The molecule has 1 unspecified atom stereocenters. The normalized spacial score (nSPS) is 23.6. The van der Waals surface area contributed by atoms with Crippen molar-refractivity contribution in [3.8, 4) is 0 Å². The minimum atomic E-state index is -1.11. The van der Waals surface area contributed by atoms with Gasteiger partial charge in [0.2, 0.25) is 5.91 Å². The van der Waals surface area contributed by atoms with Crippen LogP contribution in [-0.2, 0) is 16.0 Å². The lowest BCUT2D eigenvalue weighted by Gasteiger charge is -2.24. The molecule has 1 aliphatic rings. The zero-order chi connectivity index (χ0) is 14.7. The number of rotatable bonds is 4. The van der Waals surface area contributed by atoms with Crippen LogP contribution in [0.5, 0.6) is 0 Å². The Morgan fingerprint density at radius 1 is 1.35 bits per heavy atom. The van der Waals surface area contributed by atoms with Gasteiger partial charge in [0.15, 0.2) is 0 Å². The molecule has 0 saturated carbocycles. The van der Waals surface area contributed by atoms with Crippen molar-refractivity contribution in [2.45, 2.75) is 31.0 Å². The fraction of sp³-hybridized carbons (Fsp3) is 0.429. The number of aliphatic hydroxyl groups is 1. The van der Waals surface area contributed by atoms with Gasteiger partial charge in [-0.25, -0.2) is 4.79 Å². The van der Waals surface area contributed by atoms with Crippen molar-refractivity contribution in [2.75, 3.05) is 6.54 Å². The Bertz CT molecular complexity index is 491. The first-order valence-electron chi connectivity index (χ1n) is 6.50. The first-order chi connectivity index (χ1) is 9.49. The fourth-order valence-corrected chi connectivity index (χ4v) is 2.46. The highest BCUT2D eigenvalue weighted by atomic mass is 16.4. The number of aliphatic hydroxyl groups excluding tert-OH is 1. The number of carboxylic acids is 1. The number of hydrogen-bond donors (Lipinski definition) is 3. The Kier molecular flexibility index (Phi) is 4.36. The Labute approximate surface area is 116 Å². The van der Waals surface area contributed by atoms with Crippen LogP contribution in [0.15, 0.2) is 30.3 Å². The van der Waals surface area contributed by atoms with Gasteiger partial charge >= 0.3 is 5.97 Å². The molecule has 6 nitrogen and oxygen atoms in total. The number of carbonyl (C=O) groups is 2. The number of carboxylic acid groups (broad SMARTS) is 1. The van der Waals surface area contributed by atoms with Crippen molar-refractivity contribution in [1.82, 2.24) is 4.90 Å². The lowest BCUT2D eigenvalue weighted by molar-refractivity contribution is -0.148. The van der Waals surface area contributed by atoms with Crippen LogP contribution in [0.2, 0.25) is 0 Å². The summed E-state index contributed by atoms with van der Waals surface area (Å²) in [6.07, 6.45) is -0.401. The van der Waals surface area contributed by atoms with Crippen LogP contribution in [0.25, 0.3) is 0 Å². The Hall–Kier alpha value is -1.92. The van der Waals surface area contributed by atoms with Crippen LogP contribution in [0, 0.1) is 0 Å². The number of nitrogens with two attached hydrogens (primary N) is 1. The average Bonchev–Trinajstić information content (AvgIpc) is 2.81. The molecule has 1 aromatic carbocycles. The maximum Gasteiger partial charge on any atom is 0.326 e. The summed E-state index contributed by atoms with van der Waals surface area (Å²) in [5.74, 6) is -1.54. The van der Waals surface area contributed by atoms with E-state index in [0.29, 0.717) is 6.42 Å². The number of nitrogens with zero attached hydrogens (tertiary/aromatic N) is 1. The largest absolute Gasteiger partial charge is 0.480 e. The predicted octanol–water partition coefficient (Wildman–Crippen LogP) is -0.397. The number of hydrogen-bond acceptors (Lipinski definition) is 4. The quantitative estimate of drug-likeness (QED) is 0.695. The Balaban J connectivity index is 2.04. The number of β-amino-alcohol motifs (C(OH)–C–C–N with tert-alkyl or cyclic N) is 1. The molecule has 20 heavy (non-hydrogen) atoms. The molecule has 0 aromatic heterocycles. The monoisotopic (exact) mass is 278 g/mol. The molecule has 0 spiro atoms. The molecular formula is C14H18N2O4. The van der Waals surface area contributed by atoms with E-state index in [0.717, 1.165) is 5.56 Å². The van der Waals surface area contributed by atoms with Crippen molar-refractivity contribution in [1.29, 1.82) is 0 Å². The fourth-order valence-electron chi connectivity index (χ4n) is 2.46. The highest BCUT2D eigenvalue weighted by Crippen LogP contribution is 2.19. The number of benzene rings is 1. The van der Waals surface area contributed by atoms with Gasteiger partial charge in [-0.1, -0.05) is 30.3 Å². The van der Waals surface area contributed by atoms with Crippen molar-refractivity contribution in [3.05, 3.63) is 35.9 Å². The van der Waals surface area contributed by atoms with Crippen molar-refractivity contribution in [2.24, 2.45) is 5.73 Å². The summed E-state index contributed by atoms with van der Waals surface area (Å²) < 4.78 is 0. The van der Waals surface area contributed by atoms with Gasteiger partial charge in [-0.05, 0) is 12.0 Å². The van der Waals surface area contributed by atoms with Gasteiger partial charge in [0, 0.05) is 13.0 Å². The summed E-state index contributed by atoms with van der Waals surface area (Å²) in [7, 11) is 0. The van der Waals surface area contributed by atoms with Crippen LogP contribution in [0.3, 0.4) is 0 Å². The molecule has 0 radical (unpaired) electrons. The first kappa shape index (κ1) is 14.5. The van der Waals surface area contributed by atoms with Gasteiger partial charge in [0.1, 0.15) is 6.04 Å². The lowest BCUT2D eigenvalue weighted by atomic mass is 10.1. The molecule has 0 aliphatic carbocycles. The van der Waals surface area contributed by atoms with Crippen molar-refractivity contribution >= 4 is 11.9 Å². The lowest BCUT2D eigenvalue weighted by Crippen LogP contribution is -2.49. The van der Waals surface area contributed by atoms with E-state index >= 15 is 0 Å². The summed E-state index contributed by atoms with van der Waals surface area (Å²) >= 11 is 0. The van der Waals surface area contributed by atoms with E-state index in [4.69, 9.17) is 10.8 Å². The van der Waals surface area contributed by atoms with Gasteiger partial charge in [-0.15, -0.1) is 0 Å². The number of amides is 1. The molecule has 6 heteroatoms. The third-order valence-electron chi connectivity index (χ3n) is 3.46. The Morgan fingerprint density at radius 2 is 2.00 bits per heavy atom. The van der Waals surface area contributed by atoms with Crippen LogP contribution in [-0.4, -0.2) is 51.7 Å². The maximum atomic E-state index is 12.2. The van der Waals surface area contributed by atoms with Crippen LogP contribution in [0.4, 0.5) is 0 Å². The second-order valence-corrected chi connectivity index (χ2v) is 5.03. The molecule has 4 N–H and O–H groups in total. The highest BCUT2D eigenvalue weighted by molar-refractivity contribution is 5.87. The van der Waals surface area contributed by atoms with E-state index in [1.807, 2.05) is 30.3 Å². The molecule has 108 valence electrons. The summed E-state index contributed by atoms with van der Waals surface area (Å²) in [5.41, 5.74) is 6.79. The Morgan fingerprint density at radius 3 is 2.60 bits per heavy atom. The van der Waals surface area contributed by atoms with Gasteiger partial charge in [0.05, 0.1) is 12.1 Å². The predicted molar refractivity (Wildman–Crippen MR) is 71.9 cm³/mol. The van der Waals surface area contributed by atoms with E-state index in [1.54, 1.807) is 0 Å². The van der Waals surface area contributed by atoms with Gasteiger partial charge < -0.3 is 20.8 Å². The summed E-state index contributed by atoms with van der Waals surface area (Å²) in [6, 6.07) is 7.51. The van der Waals surface area contributed by atoms with Gasteiger partial charge in [-0.3, -0.25) is 4.79 Å². The topological polar surface area (TPSA) is 104 Å². The molecule has 1 amide bonds. The standard InChI is InChI=1S/C14H18N2O4/c15-11(6-9-4-2-1-3-5-9)13(18)16-8-10(17)7-12(16)14(19)20/h1-5,10-12,17H,6-8,15H2,(H,19,20)/t10-,11?,12-/m1/s1. The molecule has 1 aromatic rings. The van der Waals surface area contributed by atoms with Crippen molar-refractivity contribution in [3.63, 3.8) is 0 Å². The average molecular weight is 278 g/mol. The number of aliphatic carboxylic acids is 1. The zero-order valence-electron chi connectivity index (χ0n) is 11.0. The van der Waals surface area contributed by atoms with E-state index in [9.17, 15) is 14.7 Å². The van der Waals surface area contributed by atoms with Crippen molar-refractivity contribution < 1.29 is 19.8 Å². The number of carbonyl (C=O) groups excluding carboxylic acids is 1.